The molecule has 3 rings (SSSR count). The van der Waals surface area contributed by atoms with E-state index in [1.54, 1.807) is 21.5 Å². The van der Waals surface area contributed by atoms with Gasteiger partial charge in [-0.15, -0.1) is 0 Å². The Morgan fingerprint density at radius 3 is 2.79 bits per heavy atom. The first-order valence-corrected chi connectivity index (χ1v) is 5.97. The predicted molar refractivity (Wildman–Crippen MR) is 72.6 cm³/mol. The van der Waals surface area contributed by atoms with E-state index in [-0.39, 0.29) is 5.56 Å². The summed E-state index contributed by atoms with van der Waals surface area (Å²) in [6, 6.07) is 9.30. The molecule has 0 radical (unpaired) electrons. The van der Waals surface area contributed by atoms with Gasteiger partial charge in [-0.25, -0.2) is 4.98 Å². The number of fused-ring (bicyclic) bond motifs is 1. The average molecular weight is 255 g/mol. The minimum atomic E-state index is -0.112. The van der Waals surface area contributed by atoms with Crippen LogP contribution in [-0.4, -0.2) is 19.3 Å². The lowest BCUT2D eigenvalue weighted by atomic mass is 10.3. The third-order valence-electron chi connectivity index (χ3n) is 2.97. The second kappa shape index (κ2) is 4.56. The Morgan fingerprint density at radius 1 is 1.16 bits per heavy atom. The summed E-state index contributed by atoms with van der Waals surface area (Å²) in [4.78, 5) is 16.0. The molecule has 2 N–H and O–H groups in total. The molecule has 0 atom stereocenters. The van der Waals surface area contributed by atoms with Crippen molar-refractivity contribution in [2.75, 3.05) is 5.73 Å². The van der Waals surface area contributed by atoms with Gasteiger partial charge in [0, 0.05) is 12.7 Å². The Balaban J connectivity index is 1.96. The SMILES string of the molecule is Nc1ccn(CCn2c(=O)cnc3ccccc32)n1. The Hall–Kier alpha value is -2.63. The number of benzene rings is 1. The first kappa shape index (κ1) is 11.5. The summed E-state index contributed by atoms with van der Waals surface area (Å²) in [5.74, 6) is 0.479. The number of nitrogens with two attached hydrogens (primary N) is 1. The number of hydrogen-bond donors (Lipinski definition) is 1. The molecule has 1 aromatic carbocycles. The number of hydrogen-bond acceptors (Lipinski definition) is 4. The van der Waals surface area contributed by atoms with Gasteiger partial charge in [-0.1, -0.05) is 12.1 Å². The molecule has 0 spiro atoms. The van der Waals surface area contributed by atoms with E-state index in [2.05, 4.69) is 10.1 Å². The Kier molecular flexibility index (Phi) is 2.75. The lowest BCUT2D eigenvalue weighted by molar-refractivity contribution is 0.534. The predicted octanol–water partition coefficient (Wildman–Crippen LogP) is 0.875. The number of aromatic nitrogens is 4. The summed E-state index contributed by atoms with van der Waals surface area (Å²) in [7, 11) is 0. The summed E-state index contributed by atoms with van der Waals surface area (Å²) < 4.78 is 3.41. The minimum absolute atomic E-state index is 0.112. The van der Waals surface area contributed by atoms with Crippen LogP contribution in [0.5, 0.6) is 0 Å². The number of nitrogens with zero attached hydrogens (tertiary/aromatic N) is 4. The van der Waals surface area contributed by atoms with E-state index >= 15 is 0 Å². The van der Waals surface area contributed by atoms with Crippen LogP contribution in [0.15, 0.2) is 47.5 Å². The molecule has 6 heteroatoms. The zero-order valence-corrected chi connectivity index (χ0v) is 10.2. The van der Waals surface area contributed by atoms with E-state index < -0.39 is 0 Å². The van der Waals surface area contributed by atoms with Crippen molar-refractivity contribution >= 4 is 16.9 Å². The maximum Gasteiger partial charge on any atom is 0.269 e. The standard InChI is InChI=1S/C13H13N5O/c14-12-5-6-17(16-12)7-8-18-11-4-2-1-3-10(11)15-9-13(18)19/h1-6,9H,7-8H2,(H2,14,16). The molecule has 96 valence electrons. The topological polar surface area (TPSA) is 78.7 Å². The first-order chi connectivity index (χ1) is 9.24. The number of aryl methyl sites for hydroxylation is 2. The molecule has 0 bridgehead atoms. The third-order valence-corrected chi connectivity index (χ3v) is 2.97. The van der Waals surface area contributed by atoms with Gasteiger partial charge in [-0.2, -0.15) is 5.10 Å². The molecule has 19 heavy (non-hydrogen) atoms. The van der Waals surface area contributed by atoms with Gasteiger partial charge in [0.05, 0.1) is 23.8 Å². The van der Waals surface area contributed by atoms with E-state index in [0.29, 0.717) is 18.9 Å². The summed E-state index contributed by atoms with van der Waals surface area (Å²) in [6.45, 7) is 1.12. The number of rotatable bonds is 3. The van der Waals surface area contributed by atoms with Crippen molar-refractivity contribution in [1.82, 2.24) is 19.3 Å². The largest absolute Gasteiger partial charge is 0.382 e. The monoisotopic (exact) mass is 255 g/mol. The van der Waals surface area contributed by atoms with E-state index in [0.717, 1.165) is 11.0 Å². The highest BCUT2D eigenvalue weighted by Crippen LogP contribution is 2.08. The summed E-state index contributed by atoms with van der Waals surface area (Å²) in [6.07, 6.45) is 3.14. The van der Waals surface area contributed by atoms with Crippen molar-refractivity contribution in [3.8, 4) is 0 Å². The fourth-order valence-electron chi connectivity index (χ4n) is 2.05. The van der Waals surface area contributed by atoms with Gasteiger partial charge >= 0.3 is 0 Å². The Morgan fingerprint density at radius 2 is 2.00 bits per heavy atom. The van der Waals surface area contributed by atoms with Gasteiger partial charge in [0.2, 0.25) is 0 Å². The van der Waals surface area contributed by atoms with Crippen LogP contribution in [0, 0.1) is 0 Å². The quantitative estimate of drug-likeness (QED) is 0.753. The molecule has 0 aliphatic rings. The zero-order valence-electron chi connectivity index (χ0n) is 10.2. The highest BCUT2D eigenvalue weighted by atomic mass is 16.1. The molecule has 0 aliphatic carbocycles. The summed E-state index contributed by atoms with van der Waals surface area (Å²) in [5, 5.41) is 4.10. The number of nitrogen functional groups attached to an aromatic ring is 1. The van der Waals surface area contributed by atoms with Crippen LogP contribution in [0.3, 0.4) is 0 Å². The van der Waals surface area contributed by atoms with Crippen molar-refractivity contribution in [3.05, 3.63) is 53.1 Å². The lowest BCUT2D eigenvalue weighted by Gasteiger charge is -2.09. The molecule has 0 amide bonds. The molecule has 0 saturated heterocycles. The van der Waals surface area contributed by atoms with Crippen LogP contribution in [0.4, 0.5) is 5.82 Å². The van der Waals surface area contributed by atoms with Crippen LogP contribution in [0.1, 0.15) is 0 Å². The number of anilines is 1. The van der Waals surface area contributed by atoms with Crippen molar-refractivity contribution < 1.29 is 0 Å². The normalized spacial score (nSPS) is 10.9. The van der Waals surface area contributed by atoms with Crippen LogP contribution in [-0.2, 0) is 13.1 Å². The van der Waals surface area contributed by atoms with Crippen LogP contribution in [0.25, 0.3) is 11.0 Å². The van der Waals surface area contributed by atoms with E-state index in [4.69, 9.17) is 5.73 Å². The Bertz CT molecular complexity index is 774. The fraction of sp³-hybridized carbons (Fsp3) is 0.154. The fourth-order valence-corrected chi connectivity index (χ4v) is 2.05. The lowest BCUT2D eigenvalue weighted by Crippen LogP contribution is -2.23. The molecule has 0 fully saturated rings. The molecule has 0 saturated carbocycles. The number of para-hydroxylation sites is 2. The van der Waals surface area contributed by atoms with E-state index in [9.17, 15) is 4.79 Å². The van der Waals surface area contributed by atoms with Crippen molar-refractivity contribution in [2.45, 2.75) is 13.1 Å². The first-order valence-electron chi connectivity index (χ1n) is 5.97. The molecular formula is C13H13N5O. The molecule has 0 aliphatic heterocycles. The smallest absolute Gasteiger partial charge is 0.269 e. The van der Waals surface area contributed by atoms with Gasteiger partial charge in [0.1, 0.15) is 5.82 Å². The van der Waals surface area contributed by atoms with Crippen molar-refractivity contribution in [1.29, 1.82) is 0 Å². The molecule has 6 nitrogen and oxygen atoms in total. The molecule has 2 heterocycles. The van der Waals surface area contributed by atoms with Gasteiger partial charge in [0.25, 0.3) is 5.56 Å². The molecular weight excluding hydrogens is 242 g/mol. The summed E-state index contributed by atoms with van der Waals surface area (Å²) in [5.41, 5.74) is 7.08. The Labute approximate surface area is 109 Å². The van der Waals surface area contributed by atoms with Gasteiger partial charge in [-0.3, -0.25) is 9.48 Å². The average Bonchev–Trinajstić information content (AvgIpc) is 2.83. The second-order valence-electron chi connectivity index (χ2n) is 4.24. The zero-order chi connectivity index (χ0) is 13.2. The molecule has 2 aromatic heterocycles. The minimum Gasteiger partial charge on any atom is -0.382 e. The van der Waals surface area contributed by atoms with Crippen LogP contribution in [0.2, 0.25) is 0 Å². The van der Waals surface area contributed by atoms with Crippen molar-refractivity contribution in [3.63, 3.8) is 0 Å². The van der Waals surface area contributed by atoms with Crippen molar-refractivity contribution in [2.24, 2.45) is 0 Å². The molecule has 3 aromatic rings. The third kappa shape index (κ3) is 2.20. The van der Waals surface area contributed by atoms with Gasteiger partial charge < -0.3 is 10.3 Å². The maximum absolute atomic E-state index is 11.9. The van der Waals surface area contributed by atoms with Gasteiger partial charge in [0.15, 0.2) is 0 Å². The highest BCUT2D eigenvalue weighted by Gasteiger charge is 2.04. The summed E-state index contributed by atoms with van der Waals surface area (Å²) >= 11 is 0. The highest BCUT2D eigenvalue weighted by molar-refractivity contribution is 5.74. The maximum atomic E-state index is 11.9. The van der Waals surface area contributed by atoms with Gasteiger partial charge in [-0.05, 0) is 18.2 Å². The second-order valence-corrected chi connectivity index (χ2v) is 4.24. The molecule has 0 unspecified atom stereocenters. The van der Waals surface area contributed by atoms with E-state index in [1.165, 1.54) is 6.20 Å². The van der Waals surface area contributed by atoms with Crippen LogP contribution >= 0.6 is 0 Å². The van der Waals surface area contributed by atoms with E-state index in [1.807, 2.05) is 24.3 Å². The van der Waals surface area contributed by atoms with Crippen LogP contribution < -0.4 is 11.3 Å².